The fourth-order valence-electron chi connectivity index (χ4n) is 1.95. The van der Waals surface area contributed by atoms with Crippen LogP contribution in [0.4, 0.5) is 0 Å². The number of hydrogen-bond acceptors (Lipinski definition) is 3. The summed E-state index contributed by atoms with van der Waals surface area (Å²) in [5, 5.41) is 17.8. The van der Waals surface area contributed by atoms with Crippen LogP contribution in [-0.4, -0.2) is 40.1 Å². The van der Waals surface area contributed by atoms with Crippen molar-refractivity contribution in [3.05, 3.63) is 34.9 Å². The van der Waals surface area contributed by atoms with Gasteiger partial charge in [0.15, 0.2) is 0 Å². The highest BCUT2D eigenvalue weighted by Crippen LogP contribution is 2.15. The molecule has 5 nitrogen and oxygen atoms in total. The quantitative estimate of drug-likeness (QED) is 0.818. The van der Waals surface area contributed by atoms with Crippen molar-refractivity contribution in [1.29, 1.82) is 0 Å². The van der Waals surface area contributed by atoms with Crippen molar-refractivity contribution in [2.45, 2.75) is 32.9 Å². The number of likely N-dealkylation sites (N-methyl/N-ethyl adjacent to an activating group) is 1. The molecule has 104 valence electrons. The van der Waals surface area contributed by atoms with Crippen molar-refractivity contribution in [2.75, 3.05) is 7.05 Å². The van der Waals surface area contributed by atoms with E-state index in [9.17, 15) is 9.59 Å². The van der Waals surface area contributed by atoms with E-state index < -0.39 is 24.4 Å². The van der Waals surface area contributed by atoms with Gasteiger partial charge >= 0.3 is 11.9 Å². The first-order valence-electron chi connectivity index (χ1n) is 6.02. The van der Waals surface area contributed by atoms with Gasteiger partial charge < -0.3 is 10.2 Å². The molecule has 1 aromatic carbocycles. The molecule has 0 saturated heterocycles. The molecule has 2 N–H and O–H groups in total. The zero-order valence-corrected chi connectivity index (χ0v) is 11.4. The Labute approximate surface area is 112 Å². The number of rotatable bonds is 6. The summed E-state index contributed by atoms with van der Waals surface area (Å²) in [6.45, 7) is 4.34. The molecule has 5 heteroatoms. The second-order valence-electron chi connectivity index (χ2n) is 4.80. The lowest BCUT2D eigenvalue weighted by molar-refractivity contribution is -0.149. The van der Waals surface area contributed by atoms with Gasteiger partial charge in [-0.05, 0) is 32.0 Å². The van der Waals surface area contributed by atoms with Crippen LogP contribution in [0, 0.1) is 13.8 Å². The van der Waals surface area contributed by atoms with Gasteiger partial charge in [-0.3, -0.25) is 14.5 Å². The third-order valence-corrected chi connectivity index (χ3v) is 3.11. The van der Waals surface area contributed by atoms with E-state index in [-0.39, 0.29) is 0 Å². The first kappa shape index (κ1) is 15.2. The SMILES string of the molecule is Cc1ccc(C)c(CN(C)C(CC(=O)O)C(=O)O)c1. The van der Waals surface area contributed by atoms with Crippen molar-refractivity contribution in [2.24, 2.45) is 0 Å². The van der Waals surface area contributed by atoms with Crippen LogP contribution in [0.1, 0.15) is 23.1 Å². The van der Waals surface area contributed by atoms with Crippen LogP contribution in [0.25, 0.3) is 0 Å². The summed E-state index contributed by atoms with van der Waals surface area (Å²) in [5.74, 6) is -2.23. The summed E-state index contributed by atoms with van der Waals surface area (Å²) in [6, 6.07) is 4.94. The summed E-state index contributed by atoms with van der Waals surface area (Å²) in [7, 11) is 1.63. The number of hydrogen-bond donors (Lipinski definition) is 2. The number of aryl methyl sites for hydroxylation is 2. The van der Waals surface area contributed by atoms with Gasteiger partial charge in [-0.1, -0.05) is 23.8 Å². The summed E-state index contributed by atoms with van der Waals surface area (Å²) in [4.78, 5) is 23.4. The van der Waals surface area contributed by atoms with Crippen molar-refractivity contribution < 1.29 is 19.8 Å². The highest BCUT2D eigenvalue weighted by atomic mass is 16.4. The molecule has 0 aliphatic heterocycles. The molecule has 0 bridgehead atoms. The van der Waals surface area contributed by atoms with Crippen molar-refractivity contribution in [3.63, 3.8) is 0 Å². The number of benzene rings is 1. The zero-order chi connectivity index (χ0) is 14.6. The van der Waals surface area contributed by atoms with E-state index in [4.69, 9.17) is 10.2 Å². The standard InChI is InChI=1S/C14H19NO4/c1-9-4-5-10(2)11(6-9)8-15(3)12(14(18)19)7-13(16)17/h4-6,12H,7-8H2,1-3H3,(H,16,17)(H,18,19). The van der Waals surface area contributed by atoms with Crippen LogP contribution in [0.3, 0.4) is 0 Å². The lowest BCUT2D eigenvalue weighted by Crippen LogP contribution is -2.39. The molecule has 0 radical (unpaired) electrons. The van der Waals surface area contributed by atoms with Gasteiger partial charge in [0.1, 0.15) is 6.04 Å². The van der Waals surface area contributed by atoms with Crippen LogP contribution < -0.4 is 0 Å². The minimum atomic E-state index is -1.12. The maximum absolute atomic E-state index is 11.1. The number of carboxylic acid groups (broad SMARTS) is 2. The Morgan fingerprint density at radius 3 is 2.42 bits per heavy atom. The minimum absolute atomic E-state index is 0.406. The summed E-state index contributed by atoms with van der Waals surface area (Å²) < 4.78 is 0. The monoisotopic (exact) mass is 265 g/mol. The number of carboxylic acids is 2. The molecule has 1 atom stereocenters. The predicted molar refractivity (Wildman–Crippen MR) is 71.1 cm³/mol. The molecular weight excluding hydrogens is 246 g/mol. The van der Waals surface area contributed by atoms with E-state index in [0.717, 1.165) is 16.7 Å². The van der Waals surface area contributed by atoms with Gasteiger partial charge in [0.2, 0.25) is 0 Å². The Hall–Kier alpha value is -1.88. The molecule has 19 heavy (non-hydrogen) atoms. The van der Waals surface area contributed by atoms with Crippen LogP contribution in [0.5, 0.6) is 0 Å². The van der Waals surface area contributed by atoms with Crippen LogP contribution >= 0.6 is 0 Å². The fraction of sp³-hybridized carbons (Fsp3) is 0.429. The van der Waals surface area contributed by atoms with Crippen LogP contribution in [0.15, 0.2) is 18.2 Å². The molecule has 0 heterocycles. The lowest BCUT2D eigenvalue weighted by Gasteiger charge is -2.24. The van der Waals surface area contributed by atoms with E-state index in [0.29, 0.717) is 6.54 Å². The molecule has 0 fully saturated rings. The van der Waals surface area contributed by atoms with Gasteiger partial charge in [0.05, 0.1) is 6.42 Å². The molecule has 1 unspecified atom stereocenters. The largest absolute Gasteiger partial charge is 0.481 e. The minimum Gasteiger partial charge on any atom is -0.481 e. The topological polar surface area (TPSA) is 77.8 Å². The Kier molecular flexibility index (Phi) is 5.06. The van der Waals surface area contributed by atoms with Crippen LogP contribution in [0.2, 0.25) is 0 Å². The summed E-state index contributed by atoms with van der Waals surface area (Å²) in [5.41, 5.74) is 3.18. The number of aliphatic carboxylic acids is 2. The molecule has 1 rings (SSSR count). The fourth-order valence-corrected chi connectivity index (χ4v) is 1.95. The van der Waals surface area contributed by atoms with E-state index >= 15 is 0 Å². The van der Waals surface area contributed by atoms with Crippen molar-refractivity contribution in [3.8, 4) is 0 Å². The molecule has 1 aromatic rings. The maximum atomic E-state index is 11.1. The van der Waals surface area contributed by atoms with E-state index in [2.05, 4.69) is 0 Å². The highest BCUT2D eigenvalue weighted by Gasteiger charge is 2.25. The van der Waals surface area contributed by atoms with Gasteiger partial charge in [-0.25, -0.2) is 0 Å². The molecular formula is C14H19NO4. The molecule has 0 aliphatic carbocycles. The number of carbonyl (C=O) groups is 2. The molecule has 0 amide bonds. The average molecular weight is 265 g/mol. The van der Waals surface area contributed by atoms with Crippen molar-refractivity contribution in [1.82, 2.24) is 4.90 Å². The summed E-state index contributed by atoms with van der Waals surface area (Å²) >= 11 is 0. The Morgan fingerprint density at radius 2 is 1.89 bits per heavy atom. The zero-order valence-electron chi connectivity index (χ0n) is 11.4. The predicted octanol–water partition coefficient (Wildman–Crippen LogP) is 1.66. The average Bonchev–Trinajstić information content (AvgIpc) is 2.30. The van der Waals surface area contributed by atoms with Crippen LogP contribution in [-0.2, 0) is 16.1 Å². The second-order valence-corrected chi connectivity index (χ2v) is 4.80. The second kappa shape index (κ2) is 6.33. The number of nitrogens with zero attached hydrogens (tertiary/aromatic N) is 1. The molecule has 0 spiro atoms. The van der Waals surface area contributed by atoms with Gasteiger partial charge in [-0.15, -0.1) is 0 Å². The van der Waals surface area contributed by atoms with E-state index in [1.165, 1.54) is 0 Å². The van der Waals surface area contributed by atoms with Gasteiger partial charge in [0.25, 0.3) is 0 Å². The van der Waals surface area contributed by atoms with E-state index in [1.54, 1.807) is 11.9 Å². The Balaban J connectivity index is 2.86. The first-order chi connectivity index (χ1) is 8.81. The Bertz CT molecular complexity index is 484. The molecule has 0 saturated carbocycles. The van der Waals surface area contributed by atoms with Gasteiger partial charge in [0, 0.05) is 6.54 Å². The summed E-state index contributed by atoms with van der Waals surface area (Å²) in [6.07, 6.45) is -0.406. The highest BCUT2D eigenvalue weighted by molar-refractivity contribution is 5.80. The first-order valence-corrected chi connectivity index (χ1v) is 6.02. The third kappa shape index (κ3) is 4.37. The Morgan fingerprint density at radius 1 is 1.26 bits per heavy atom. The normalized spacial score (nSPS) is 12.4. The maximum Gasteiger partial charge on any atom is 0.321 e. The molecule has 0 aromatic heterocycles. The van der Waals surface area contributed by atoms with Gasteiger partial charge in [-0.2, -0.15) is 0 Å². The van der Waals surface area contributed by atoms with Crippen molar-refractivity contribution >= 4 is 11.9 Å². The third-order valence-electron chi connectivity index (χ3n) is 3.11. The van der Waals surface area contributed by atoms with E-state index in [1.807, 2.05) is 32.0 Å². The lowest BCUT2D eigenvalue weighted by atomic mass is 10.0. The molecule has 0 aliphatic rings. The smallest absolute Gasteiger partial charge is 0.321 e.